The van der Waals surface area contributed by atoms with Crippen LogP contribution in [0.2, 0.25) is 0 Å². The van der Waals surface area contributed by atoms with Gasteiger partial charge in [-0.2, -0.15) is 0 Å². The monoisotopic (exact) mass is 199 g/mol. The topological polar surface area (TPSA) is 58.8 Å². The number of hydrogen-bond donors (Lipinski definition) is 1. The molecule has 5 nitrogen and oxygen atoms in total. The Labute approximate surface area is 83.8 Å². The number of morpholine rings is 1. The summed E-state index contributed by atoms with van der Waals surface area (Å²) in [6.45, 7) is 4.25. The summed E-state index contributed by atoms with van der Waals surface area (Å²) in [5.41, 5.74) is 5.76. The molecule has 2 aliphatic rings. The highest BCUT2D eigenvalue weighted by molar-refractivity contribution is 5.74. The first kappa shape index (κ1) is 9.73. The molecule has 2 amide bonds. The summed E-state index contributed by atoms with van der Waals surface area (Å²) in [6.07, 6.45) is 0.927. The number of carbonyl (C=O) groups excluding carboxylic acids is 1. The summed E-state index contributed by atoms with van der Waals surface area (Å²) in [5.74, 6) is 0. The first-order chi connectivity index (χ1) is 6.77. The highest BCUT2D eigenvalue weighted by Crippen LogP contribution is 2.11. The van der Waals surface area contributed by atoms with Gasteiger partial charge in [0.1, 0.15) is 0 Å². The Bertz CT molecular complexity index is 209. The van der Waals surface area contributed by atoms with E-state index in [1.54, 1.807) is 0 Å². The maximum atomic E-state index is 11.9. The van der Waals surface area contributed by atoms with Gasteiger partial charge in [-0.3, -0.25) is 0 Å². The van der Waals surface area contributed by atoms with Crippen molar-refractivity contribution in [3.05, 3.63) is 0 Å². The fourth-order valence-corrected chi connectivity index (χ4v) is 1.92. The zero-order valence-electron chi connectivity index (χ0n) is 8.32. The van der Waals surface area contributed by atoms with E-state index in [9.17, 15) is 4.79 Å². The van der Waals surface area contributed by atoms with Crippen molar-refractivity contribution in [1.29, 1.82) is 0 Å². The Hall–Kier alpha value is -0.810. The molecule has 0 spiro atoms. The third-order valence-electron chi connectivity index (χ3n) is 2.78. The lowest BCUT2D eigenvalue weighted by Crippen LogP contribution is -2.47. The van der Waals surface area contributed by atoms with Crippen molar-refractivity contribution in [1.82, 2.24) is 9.80 Å². The number of nitrogens with zero attached hydrogens (tertiary/aromatic N) is 2. The van der Waals surface area contributed by atoms with E-state index in [4.69, 9.17) is 10.5 Å². The van der Waals surface area contributed by atoms with Crippen LogP contribution in [-0.4, -0.2) is 61.3 Å². The number of nitrogens with two attached hydrogens (primary N) is 1. The third-order valence-corrected chi connectivity index (χ3v) is 2.78. The lowest BCUT2D eigenvalue weighted by molar-refractivity contribution is 0.0451. The van der Waals surface area contributed by atoms with Crippen LogP contribution in [0.25, 0.3) is 0 Å². The predicted octanol–water partition coefficient (Wildman–Crippen LogP) is -0.528. The molecular formula is C9H17N3O2. The molecule has 0 aromatic rings. The lowest BCUT2D eigenvalue weighted by atomic mass is 10.3. The first-order valence-electron chi connectivity index (χ1n) is 5.14. The standard InChI is InChI=1S/C9H17N3O2/c10-8-1-2-12(7-8)9(13)11-3-5-14-6-4-11/h8H,1-7,10H2/t8-/m1/s1. The van der Waals surface area contributed by atoms with Crippen LogP contribution < -0.4 is 5.73 Å². The zero-order valence-corrected chi connectivity index (χ0v) is 8.32. The predicted molar refractivity (Wildman–Crippen MR) is 52.0 cm³/mol. The maximum Gasteiger partial charge on any atom is 0.320 e. The van der Waals surface area contributed by atoms with Crippen LogP contribution in [-0.2, 0) is 4.74 Å². The molecule has 0 aliphatic carbocycles. The molecule has 2 heterocycles. The van der Waals surface area contributed by atoms with Crippen molar-refractivity contribution in [3.63, 3.8) is 0 Å². The number of amides is 2. The molecule has 1 atom stereocenters. The molecule has 2 fully saturated rings. The van der Waals surface area contributed by atoms with Gasteiger partial charge in [-0.1, -0.05) is 0 Å². The van der Waals surface area contributed by atoms with Crippen LogP contribution in [0.3, 0.4) is 0 Å². The van der Waals surface area contributed by atoms with E-state index in [2.05, 4.69) is 0 Å². The molecule has 2 aliphatic heterocycles. The van der Waals surface area contributed by atoms with Crippen molar-refractivity contribution < 1.29 is 9.53 Å². The minimum Gasteiger partial charge on any atom is -0.378 e. The van der Waals surface area contributed by atoms with E-state index in [0.717, 1.165) is 13.0 Å². The second-order valence-electron chi connectivity index (χ2n) is 3.88. The number of rotatable bonds is 0. The SMILES string of the molecule is N[C@@H]1CCN(C(=O)N2CCOCC2)C1. The van der Waals surface area contributed by atoms with Gasteiger partial charge >= 0.3 is 6.03 Å². The van der Waals surface area contributed by atoms with Crippen molar-refractivity contribution >= 4 is 6.03 Å². The molecule has 14 heavy (non-hydrogen) atoms. The molecule has 0 radical (unpaired) electrons. The average molecular weight is 199 g/mol. The molecule has 0 unspecified atom stereocenters. The maximum absolute atomic E-state index is 11.9. The highest BCUT2D eigenvalue weighted by atomic mass is 16.5. The number of likely N-dealkylation sites (tertiary alicyclic amines) is 1. The number of ether oxygens (including phenoxy) is 1. The van der Waals surface area contributed by atoms with Gasteiger partial charge in [-0.15, -0.1) is 0 Å². The summed E-state index contributed by atoms with van der Waals surface area (Å²) in [5, 5.41) is 0. The van der Waals surface area contributed by atoms with Gasteiger partial charge in [-0.25, -0.2) is 4.79 Å². The number of carbonyl (C=O) groups is 1. The van der Waals surface area contributed by atoms with Crippen molar-refractivity contribution in [2.24, 2.45) is 5.73 Å². The Kier molecular flexibility index (Phi) is 2.88. The van der Waals surface area contributed by atoms with Crippen molar-refractivity contribution in [2.75, 3.05) is 39.4 Å². The minimum atomic E-state index is 0.126. The molecular weight excluding hydrogens is 182 g/mol. The second-order valence-corrected chi connectivity index (χ2v) is 3.88. The fraction of sp³-hybridized carbons (Fsp3) is 0.889. The zero-order chi connectivity index (χ0) is 9.97. The molecule has 0 bridgehead atoms. The van der Waals surface area contributed by atoms with Gasteiger partial charge in [0, 0.05) is 32.2 Å². The molecule has 2 N–H and O–H groups in total. The van der Waals surface area contributed by atoms with E-state index < -0.39 is 0 Å². The summed E-state index contributed by atoms with van der Waals surface area (Å²) >= 11 is 0. The van der Waals surface area contributed by atoms with E-state index in [1.807, 2.05) is 9.80 Å². The van der Waals surface area contributed by atoms with Crippen molar-refractivity contribution in [3.8, 4) is 0 Å². The van der Waals surface area contributed by atoms with Crippen LogP contribution in [0.4, 0.5) is 4.79 Å². The third kappa shape index (κ3) is 1.99. The summed E-state index contributed by atoms with van der Waals surface area (Å²) in [4.78, 5) is 15.6. The Morgan fingerprint density at radius 1 is 1.21 bits per heavy atom. The average Bonchev–Trinajstić information content (AvgIpc) is 2.65. The van der Waals surface area contributed by atoms with Gasteiger partial charge in [0.25, 0.3) is 0 Å². The molecule has 0 saturated carbocycles. The largest absolute Gasteiger partial charge is 0.378 e. The van der Waals surface area contributed by atoms with E-state index in [1.165, 1.54) is 0 Å². The van der Waals surface area contributed by atoms with Gasteiger partial charge in [0.05, 0.1) is 13.2 Å². The number of urea groups is 1. The molecule has 5 heteroatoms. The summed E-state index contributed by atoms with van der Waals surface area (Å²) in [7, 11) is 0. The van der Waals surface area contributed by atoms with E-state index >= 15 is 0 Å². The molecule has 80 valence electrons. The molecule has 0 aromatic carbocycles. The lowest BCUT2D eigenvalue weighted by Gasteiger charge is -2.30. The minimum absolute atomic E-state index is 0.126. The van der Waals surface area contributed by atoms with Crippen LogP contribution in [0.1, 0.15) is 6.42 Å². The highest BCUT2D eigenvalue weighted by Gasteiger charge is 2.28. The molecule has 2 saturated heterocycles. The smallest absolute Gasteiger partial charge is 0.320 e. The number of hydrogen-bond acceptors (Lipinski definition) is 3. The quantitative estimate of drug-likeness (QED) is 0.570. The van der Waals surface area contributed by atoms with Gasteiger partial charge in [0.2, 0.25) is 0 Å². The van der Waals surface area contributed by atoms with Crippen LogP contribution in [0.15, 0.2) is 0 Å². The van der Waals surface area contributed by atoms with Gasteiger partial charge in [0.15, 0.2) is 0 Å². The van der Waals surface area contributed by atoms with Crippen molar-refractivity contribution in [2.45, 2.75) is 12.5 Å². The Morgan fingerprint density at radius 2 is 1.93 bits per heavy atom. The van der Waals surface area contributed by atoms with Crippen LogP contribution in [0, 0.1) is 0 Å². The Balaban J connectivity index is 1.87. The van der Waals surface area contributed by atoms with E-state index in [0.29, 0.717) is 32.8 Å². The fourth-order valence-electron chi connectivity index (χ4n) is 1.92. The summed E-state index contributed by atoms with van der Waals surface area (Å²) in [6, 6.07) is 0.293. The Morgan fingerprint density at radius 3 is 2.50 bits per heavy atom. The first-order valence-corrected chi connectivity index (χ1v) is 5.14. The summed E-state index contributed by atoms with van der Waals surface area (Å²) < 4.78 is 5.20. The van der Waals surface area contributed by atoms with E-state index in [-0.39, 0.29) is 12.1 Å². The second kappa shape index (κ2) is 4.14. The van der Waals surface area contributed by atoms with Gasteiger partial charge < -0.3 is 20.3 Å². The normalized spacial score (nSPS) is 28.2. The van der Waals surface area contributed by atoms with Crippen LogP contribution in [0.5, 0.6) is 0 Å². The molecule has 2 rings (SSSR count). The van der Waals surface area contributed by atoms with Gasteiger partial charge in [-0.05, 0) is 6.42 Å². The van der Waals surface area contributed by atoms with Crippen LogP contribution >= 0.6 is 0 Å². The molecule has 0 aromatic heterocycles.